The van der Waals surface area contributed by atoms with Crippen molar-refractivity contribution in [2.75, 3.05) is 13.1 Å². The standard InChI is InChI=1S/C26H34ClN3O4/c1-4-22(24(32)28-15-17(2)3)30(16-18-9-5-8-12-21(18)27)23(31)13-14-29-25(33)19-10-6-7-11-20(19)26(29)34/h5-9,12,17,19-20,22H,4,10-11,13-16H2,1-3H3,(H,28,32)/t19-,20+,22-/m1/s1. The fourth-order valence-corrected chi connectivity index (χ4v) is 4.79. The molecule has 1 saturated heterocycles. The van der Waals surface area contributed by atoms with Gasteiger partial charge in [-0.1, -0.05) is 62.7 Å². The van der Waals surface area contributed by atoms with Gasteiger partial charge < -0.3 is 10.2 Å². The number of allylic oxidation sites excluding steroid dienone is 2. The number of hydrogen-bond donors (Lipinski definition) is 1. The van der Waals surface area contributed by atoms with E-state index in [1.54, 1.807) is 6.07 Å². The van der Waals surface area contributed by atoms with Gasteiger partial charge in [-0.2, -0.15) is 0 Å². The molecule has 1 aromatic carbocycles. The lowest BCUT2D eigenvalue weighted by molar-refractivity contribution is -0.144. The highest BCUT2D eigenvalue weighted by atomic mass is 35.5. The minimum absolute atomic E-state index is 0.0204. The summed E-state index contributed by atoms with van der Waals surface area (Å²) in [5, 5.41) is 3.44. The van der Waals surface area contributed by atoms with Crippen molar-refractivity contribution >= 4 is 35.2 Å². The molecule has 1 aliphatic heterocycles. The van der Waals surface area contributed by atoms with Crippen LogP contribution in [0.25, 0.3) is 0 Å². The fraction of sp³-hybridized carbons (Fsp3) is 0.538. The van der Waals surface area contributed by atoms with Gasteiger partial charge in [0.2, 0.25) is 23.6 Å². The van der Waals surface area contributed by atoms with Crippen LogP contribution in [0.1, 0.15) is 52.0 Å². The zero-order valence-electron chi connectivity index (χ0n) is 20.1. The van der Waals surface area contributed by atoms with Gasteiger partial charge in [0.1, 0.15) is 6.04 Å². The first-order chi connectivity index (χ1) is 16.2. The summed E-state index contributed by atoms with van der Waals surface area (Å²) in [6.45, 7) is 6.57. The van der Waals surface area contributed by atoms with E-state index in [-0.39, 0.29) is 60.9 Å². The van der Waals surface area contributed by atoms with Gasteiger partial charge in [-0.05, 0) is 36.8 Å². The molecule has 1 aromatic rings. The minimum atomic E-state index is -0.681. The number of likely N-dealkylation sites (tertiary alicyclic amines) is 1. The van der Waals surface area contributed by atoms with Gasteiger partial charge in [0, 0.05) is 31.1 Å². The van der Waals surface area contributed by atoms with Crippen molar-refractivity contribution < 1.29 is 19.2 Å². The molecule has 0 saturated carbocycles. The molecule has 0 aromatic heterocycles. The van der Waals surface area contributed by atoms with Crippen LogP contribution in [-0.2, 0) is 25.7 Å². The Morgan fingerprint density at radius 1 is 1.12 bits per heavy atom. The van der Waals surface area contributed by atoms with Crippen LogP contribution >= 0.6 is 11.6 Å². The molecule has 1 N–H and O–H groups in total. The van der Waals surface area contributed by atoms with Crippen molar-refractivity contribution in [2.45, 2.75) is 59.0 Å². The summed E-state index contributed by atoms with van der Waals surface area (Å²) >= 11 is 6.35. The van der Waals surface area contributed by atoms with Gasteiger partial charge in [-0.3, -0.25) is 24.1 Å². The number of fused-ring (bicyclic) bond motifs is 1. The molecule has 0 spiro atoms. The second-order valence-electron chi connectivity index (χ2n) is 9.41. The Labute approximate surface area is 206 Å². The Bertz CT molecular complexity index is 935. The highest BCUT2D eigenvalue weighted by molar-refractivity contribution is 6.31. The number of halogens is 1. The number of carbonyl (C=O) groups excluding carboxylic acids is 4. The van der Waals surface area contributed by atoms with Crippen LogP contribution in [0.4, 0.5) is 0 Å². The number of imide groups is 1. The van der Waals surface area contributed by atoms with Crippen molar-refractivity contribution in [1.29, 1.82) is 0 Å². The topological polar surface area (TPSA) is 86.8 Å². The number of rotatable bonds is 10. The molecule has 0 radical (unpaired) electrons. The Balaban J connectivity index is 1.76. The van der Waals surface area contributed by atoms with Gasteiger partial charge >= 0.3 is 0 Å². The monoisotopic (exact) mass is 487 g/mol. The minimum Gasteiger partial charge on any atom is -0.354 e. The van der Waals surface area contributed by atoms with Gasteiger partial charge in [0.15, 0.2) is 0 Å². The summed E-state index contributed by atoms with van der Waals surface area (Å²) in [4.78, 5) is 54.7. The van der Waals surface area contributed by atoms with E-state index in [9.17, 15) is 19.2 Å². The molecule has 4 amide bonds. The molecule has 34 heavy (non-hydrogen) atoms. The smallest absolute Gasteiger partial charge is 0.242 e. The highest BCUT2D eigenvalue weighted by Crippen LogP contribution is 2.35. The maximum Gasteiger partial charge on any atom is 0.242 e. The predicted octanol–water partition coefficient (Wildman–Crippen LogP) is 3.56. The maximum atomic E-state index is 13.4. The molecule has 2 aliphatic rings. The molecule has 184 valence electrons. The van der Waals surface area contributed by atoms with Crippen LogP contribution in [-0.4, -0.2) is 52.6 Å². The van der Waals surface area contributed by atoms with Crippen LogP contribution in [0, 0.1) is 17.8 Å². The van der Waals surface area contributed by atoms with Crippen molar-refractivity contribution in [2.24, 2.45) is 17.8 Å². The van der Waals surface area contributed by atoms with E-state index in [2.05, 4.69) is 5.32 Å². The lowest BCUT2D eigenvalue weighted by atomic mass is 9.85. The van der Waals surface area contributed by atoms with Gasteiger partial charge in [0.25, 0.3) is 0 Å². The number of benzene rings is 1. The first-order valence-electron chi connectivity index (χ1n) is 12.0. The molecule has 0 unspecified atom stereocenters. The zero-order chi connectivity index (χ0) is 24.8. The Morgan fingerprint density at radius 3 is 2.29 bits per heavy atom. The number of hydrogen-bond acceptors (Lipinski definition) is 4. The zero-order valence-corrected chi connectivity index (χ0v) is 20.9. The van der Waals surface area contributed by atoms with Gasteiger partial charge in [-0.15, -0.1) is 0 Å². The average Bonchev–Trinajstić information content (AvgIpc) is 3.06. The van der Waals surface area contributed by atoms with E-state index in [4.69, 9.17) is 11.6 Å². The highest BCUT2D eigenvalue weighted by Gasteiger charge is 2.47. The summed E-state index contributed by atoms with van der Waals surface area (Å²) < 4.78 is 0. The Morgan fingerprint density at radius 2 is 1.74 bits per heavy atom. The lowest BCUT2D eigenvalue weighted by Crippen LogP contribution is -2.50. The number of amides is 4. The SMILES string of the molecule is CC[C@H](C(=O)NCC(C)C)N(Cc1ccccc1Cl)C(=O)CCN1C(=O)[C@H]2CC=CC[C@H]2C1=O. The first kappa shape index (κ1) is 25.9. The predicted molar refractivity (Wildman–Crippen MR) is 131 cm³/mol. The van der Waals surface area contributed by atoms with Crippen molar-refractivity contribution in [3.05, 3.63) is 47.0 Å². The summed E-state index contributed by atoms with van der Waals surface area (Å²) in [6.07, 6.45) is 5.39. The van der Waals surface area contributed by atoms with Gasteiger partial charge in [-0.25, -0.2) is 0 Å². The van der Waals surface area contributed by atoms with Gasteiger partial charge in [0.05, 0.1) is 11.8 Å². The van der Waals surface area contributed by atoms with E-state index >= 15 is 0 Å². The average molecular weight is 488 g/mol. The molecule has 3 rings (SSSR count). The van der Waals surface area contributed by atoms with Crippen molar-refractivity contribution in [3.8, 4) is 0 Å². The molecule has 1 heterocycles. The van der Waals surface area contributed by atoms with E-state index < -0.39 is 6.04 Å². The lowest BCUT2D eigenvalue weighted by Gasteiger charge is -2.31. The normalized spacial score (nSPS) is 20.4. The van der Waals surface area contributed by atoms with E-state index in [1.165, 1.54) is 9.80 Å². The van der Waals surface area contributed by atoms with Crippen LogP contribution in [0.3, 0.4) is 0 Å². The van der Waals surface area contributed by atoms with E-state index in [0.29, 0.717) is 30.8 Å². The Hall–Kier alpha value is -2.67. The second-order valence-corrected chi connectivity index (χ2v) is 9.82. The second kappa shape index (κ2) is 11.6. The molecule has 1 fully saturated rings. The van der Waals surface area contributed by atoms with E-state index in [0.717, 1.165) is 5.56 Å². The quantitative estimate of drug-likeness (QED) is 0.404. The summed E-state index contributed by atoms with van der Waals surface area (Å²) in [7, 11) is 0. The summed E-state index contributed by atoms with van der Waals surface area (Å²) in [6, 6.07) is 6.53. The number of nitrogens with one attached hydrogen (secondary N) is 1. The van der Waals surface area contributed by atoms with Crippen LogP contribution in [0.5, 0.6) is 0 Å². The third-order valence-corrected chi connectivity index (χ3v) is 6.89. The largest absolute Gasteiger partial charge is 0.354 e. The number of carbonyl (C=O) groups is 4. The van der Waals surface area contributed by atoms with Crippen LogP contribution in [0.15, 0.2) is 36.4 Å². The van der Waals surface area contributed by atoms with Crippen molar-refractivity contribution in [3.63, 3.8) is 0 Å². The first-order valence-corrected chi connectivity index (χ1v) is 12.4. The van der Waals surface area contributed by atoms with Crippen molar-refractivity contribution in [1.82, 2.24) is 15.1 Å². The molecule has 7 nitrogen and oxygen atoms in total. The Kier molecular flexibility index (Phi) is 8.89. The molecule has 8 heteroatoms. The maximum absolute atomic E-state index is 13.4. The molecule has 1 aliphatic carbocycles. The number of nitrogens with zero attached hydrogens (tertiary/aromatic N) is 2. The molecular formula is C26H34ClN3O4. The summed E-state index contributed by atoms with van der Waals surface area (Å²) in [5.41, 5.74) is 0.734. The molecular weight excluding hydrogens is 454 g/mol. The molecule has 0 bridgehead atoms. The van der Waals surface area contributed by atoms with Crippen LogP contribution in [0.2, 0.25) is 5.02 Å². The third-order valence-electron chi connectivity index (χ3n) is 6.52. The summed E-state index contributed by atoms with van der Waals surface area (Å²) in [5.74, 6) is -1.28. The van der Waals surface area contributed by atoms with E-state index in [1.807, 2.05) is 51.1 Å². The van der Waals surface area contributed by atoms with Crippen LogP contribution < -0.4 is 5.32 Å². The fourth-order valence-electron chi connectivity index (χ4n) is 4.59. The molecule has 3 atom stereocenters. The third kappa shape index (κ3) is 5.87.